The zero-order chi connectivity index (χ0) is 35.5. The molecule has 0 radical (unpaired) electrons. The predicted octanol–water partition coefficient (Wildman–Crippen LogP) is 14.8. The standard InChI is InChI=1S/C51H37NS/c1-51(2)43-25-12-9-23-40(43)41-29-28-38(33-44(41)51)52(45-26-13-10-22-39(45)35-18-7-4-8-19-35)46-30-31-48-50(42-24-11-14-27-47(42)53-48)49(46)37-21-15-20-36(32-37)34-16-5-3-6-17-34/h3-33H,1-2H3. The molecule has 0 atom stereocenters. The van der Waals surface area contributed by atoms with Crippen LogP contribution >= 0.6 is 11.3 Å². The van der Waals surface area contributed by atoms with Gasteiger partial charge in [0.2, 0.25) is 0 Å². The van der Waals surface area contributed by atoms with Crippen LogP contribution in [0.15, 0.2) is 188 Å². The minimum atomic E-state index is -0.132. The SMILES string of the molecule is CC1(C)c2ccccc2-c2ccc(N(c3ccccc3-c3ccccc3)c3ccc4sc5ccccc5c4c3-c3cccc(-c4ccccc4)c3)cc21. The number of anilines is 3. The molecule has 252 valence electrons. The molecule has 1 nitrogen and oxygen atoms in total. The smallest absolute Gasteiger partial charge is 0.0547 e. The Hall–Kier alpha value is -6.22. The lowest BCUT2D eigenvalue weighted by atomic mass is 9.82. The van der Waals surface area contributed by atoms with Crippen LogP contribution < -0.4 is 4.90 Å². The van der Waals surface area contributed by atoms with E-state index in [-0.39, 0.29) is 5.41 Å². The van der Waals surface area contributed by atoms with Crippen LogP contribution in [0.3, 0.4) is 0 Å². The molecule has 9 aromatic rings. The summed E-state index contributed by atoms with van der Waals surface area (Å²) in [5, 5.41) is 2.58. The summed E-state index contributed by atoms with van der Waals surface area (Å²) in [6.07, 6.45) is 0. The van der Waals surface area contributed by atoms with E-state index in [4.69, 9.17) is 0 Å². The van der Waals surface area contributed by atoms with Gasteiger partial charge in [0.25, 0.3) is 0 Å². The van der Waals surface area contributed by atoms with E-state index in [0.717, 1.165) is 17.1 Å². The fraction of sp³-hybridized carbons (Fsp3) is 0.0588. The largest absolute Gasteiger partial charge is 0.309 e. The molecule has 1 aromatic heterocycles. The summed E-state index contributed by atoms with van der Waals surface area (Å²) in [6, 6.07) is 69.2. The molecule has 8 aromatic carbocycles. The third kappa shape index (κ3) is 5.13. The van der Waals surface area contributed by atoms with Crippen molar-refractivity contribution in [2.45, 2.75) is 19.3 Å². The van der Waals surface area contributed by atoms with Crippen molar-refractivity contribution in [3.05, 3.63) is 199 Å². The van der Waals surface area contributed by atoms with Crippen LogP contribution in [0.2, 0.25) is 0 Å². The predicted molar refractivity (Wildman–Crippen MR) is 228 cm³/mol. The Balaban J connectivity index is 1.30. The van der Waals surface area contributed by atoms with Crippen LogP contribution in [0.25, 0.3) is 64.7 Å². The van der Waals surface area contributed by atoms with E-state index >= 15 is 0 Å². The first kappa shape index (κ1) is 31.5. The number of hydrogen-bond donors (Lipinski definition) is 0. The summed E-state index contributed by atoms with van der Waals surface area (Å²) in [5.74, 6) is 0. The molecule has 1 aliphatic rings. The fourth-order valence-electron chi connectivity index (χ4n) is 8.54. The third-order valence-corrected chi connectivity index (χ3v) is 12.2. The summed E-state index contributed by atoms with van der Waals surface area (Å²) >= 11 is 1.87. The Morgan fingerprint density at radius 2 is 1.06 bits per heavy atom. The molecule has 53 heavy (non-hydrogen) atoms. The Morgan fingerprint density at radius 1 is 0.415 bits per heavy atom. The van der Waals surface area contributed by atoms with Crippen LogP contribution in [-0.4, -0.2) is 0 Å². The van der Waals surface area contributed by atoms with Crippen molar-refractivity contribution >= 4 is 48.6 Å². The van der Waals surface area contributed by atoms with Gasteiger partial charge in [-0.1, -0.05) is 159 Å². The second-order valence-electron chi connectivity index (χ2n) is 14.5. The number of nitrogens with zero attached hydrogens (tertiary/aromatic N) is 1. The van der Waals surface area contributed by atoms with Crippen LogP contribution in [0.5, 0.6) is 0 Å². The normalized spacial score (nSPS) is 12.9. The first-order valence-corrected chi connectivity index (χ1v) is 19.2. The molecule has 0 unspecified atom stereocenters. The summed E-state index contributed by atoms with van der Waals surface area (Å²) in [7, 11) is 0. The van der Waals surface area contributed by atoms with Crippen molar-refractivity contribution in [3.63, 3.8) is 0 Å². The molecule has 0 amide bonds. The molecule has 1 heterocycles. The van der Waals surface area contributed by atoms with Gasteiger partial charge in [-0.25, -0.2) is 0 Å². The quantitative estimate of drug-likeness (QED) is 0.167. The lowest BCUT2D eigenvalue weighted by molar-refractivity contribution is 0.660. The van der Waals surface area contributed by atoms with E-state index in [2.05, 4.69) is 207 Å². The zero-order valence-electron chi connectivity index (χ0n) is 29.8. The number of hydrogen-bond acceptors (Lipinski definition) is 2. The average molecular weight is 696 g/mol. The minimum absolute atomic E-state index is 0.132. The maximum atomic E-state index is 2.53. The van der Waals surface area contributed by atoms with E-state index in [1.54, 1.807) is 0 Å². The Bertz CT molecular complexity index is 2810. The van der Waals surface area contributed by atoms with Crippen molar-refractivity contribution < 1.29 is 0 Å². The highest BCUT2D eigenvalue weighted by molar-refractivity contribution is 7.26. The number of fused-ring (bicyclic) bond motifs is 6. The number of thiophene rings is 1. The second kappa shape index (κ2) is 12.5. The molecule has 1 aliphatic carbocycles. The third-order valence-electron chi connectivity index (χ3n) is 11.1. The molecule has 0 saturated carbocycles. The molecule has 10 rings (SSSR count). The van der Waals surface area contributed by atoms with Gasteiger partial charge < -0.3 is 4.90 Å². The highest BCUT2D eigenvalue weighted by atomic mass is 32.1. The fourth-order valence-corrected chi connectivity index (χ4v) is 9.65. The highest BCUT2D eigenvalue weighted by Gasteiger charge is 2.36. The Labute approximate surface area is 315 Å². The lowest BCUT2D eigenvalue weighted by Crippen LogP contribution is -2.17. The number of benzene rings is 8. The van der Waals surface area contributed by atoms with Crippen molar-refractivity contribution in [1.82, 2.24) is 0 Å². The van der Waals surface area contributed by atoms with E-state index < -0.39 is 0 Å². The first-order chi connectivity index (χ1) is 26.1. The summed E-state index contributed by atoms with van der Waals surface area (Å²) in [6.45, 7) is 4.74. The van der Waals surface area contributed by atoms with Crippen molar-refractivity contribution in [3.8, 4) is 44.5 Å². The van der Waals surface area contributed by atoms with Crippen LogP contribution in [0.4, 0.5) is 17.1 Å². The number of rotatable bonds is 6. The first-order valence-electron chi connectivity index (χ1n) is 18.4. The summed E-state index contributed by atoms with van der Waals surface area (Å²) < 4.78 is 2.59. The van der Waals surface area contributed by atoms with Crippen LogP contribution in [0, 0.1) is 0 Å². The maximum Gasteiger partial charge on any atom is 0.0547 e. The van der Waals surface area contributed by atoms with Crippen molar-refractivity contribution in [2.24, 2.45) is 0 Å². The van der Waals surface area contributed by atoms with Gasteiger partial charge >= 0.3 is 0 Å². The van der Waals surface area contributed by atoms with Gasteiger partial charge in [-0.2, -0.15) is 0 Å². The van der Waals surface area contributed by atoms with Crippen LogP contribution in [0.1, 0.15) is 25.0 Å². The van der Waals surface area contributed by atoms with Gasteiger partial charge in [-0.3, -0.25) is 0 Å². The molecule has 2 heteroatoms. The summed E-state index contributed by atoms with van der Waals surface area (Å²) in [4.78, 5) is 2.53. The van der Waals surface area contributed by atoms with Gasteiger partial charge in [-0.15, -0.1) is 11.3 Å². The number of para-hydroxylation sites is 1. The topological polar surface area (TPSA) is 3.24 Å². The summed E-state index contributed by atoms with van der Waals surface area (Å²) in [5.41, 5.74) is 15.9. The highest BCUT2D eigenvalue weighted by Crippen LogP contribution is 2.54. The monoisotopic (exact) mass is 695 g/mol. The van der Waals surface area contributed by atoms with Crippen LogP contribution in [-0.2, 0) is 5.41 Å². The molecule has 0 bridgehead atoms. The minimum Gasteiger partial charge on any atom is -0.309 e. The van der Waals surface area contributed by atoms with Gasteiger partial charge in [0, 0.05) is 42.4 Å². The molecule has 0 aliphatic heterocycles. The van der Waals surface area contributed by atoms with E-state index in [1.807, 2.05) is 11.3 Å². The molecule has 0 saturated heterocycles. The molecular weight excluding hydrogens is 659 g/mol. The van der Waals surface area contributed by atoms with Crippen molar-refractivity contribution in [1.29, 1.82) is 0 Å². The van der Waals surface area contributed by atoms with E-state index in [0.29, 0.717) is 0 Å². The van der Waals surface area contributed by atoms with E-state index in [1.165, 1.54) is 75.8 Å². The van der Waals surface area contributed by atoms with Gasteiger partial charge in [0.05, 0.1) is 11.4 Å². The molecule has 0 spiro atoms. The van der Waals surface area contributed by atoms with Gasteiger partial charge in [0.15, 0.2) is 0 Å². The Kier molecular flexibility index (Phi) is 7.42. The Morgan fingerprint density at radius 3 is 1.89 bits per heavy atom. The zero-order valence-corrected chi connectivity index (χ0v) is 30.6. The molecule has 0 fully saturated rings. The van der Waals surface area contributed by atoms with E-state index in [9.17, 15) is 0 Å². The van der Waals surface area contributed by atoms with Gasteiger partial charge in [-0.05, 0) is 87.0 Å². The average Bonchev–Trinajstić information content (AvgIpc) is 3.71. The van der Waals surface area contributed by atoms with Gasteiger partial charge in [0.1, 0.15) is 0 Å². The second-order valence-corrected chi connectivity index (χ2v) is 15.6. The van der Waals surface area contributed by atoms with Crippen molar-refractivity contribution in [2.75, 3.05) is 4.90 Å². The molecule has 0 N–H and O–H groups in total. The molecular formula is C51H37NS. The maximum absolute atomic E-state index is 2.53. The lowest BCUT2D eigenvalue weighted by Gasteiger charge is -2.31.